The Kier molecular flexibility index (Phi) is 9.44. The number of likely N-dealkylation sites (tertiary alicyclic amines) is 1. The summed E-state index contributed by atoms with van der Waals surface area (Å²) in [6.07, 6.45) is 1.80. The molecule has 0 saturated carbocycles. The van der Waals surface area contributed by atoms with Crippen LogP contribution in [0, 0.1) is 11.8 Å². The minimum absolute atomic E-state index is 0.0328. The SMILES string of the molecule is CC1CN(c2ccc(Cl)c(Cl)c2)N=C1NC(=O)CN1CCN(CC2CCN(C(=O)OC(C)(C)C)CC2)CC1. The molecule has 1 atom stereocenters. The molecule has 4 rings (SSSR count). The van der Waals surface area contributed by atoms with Crippen molar-refractivity contribution in [1.29, 1.82) is 0 Å². The number of rotatable bonds is 5. The topological polar surface area (TPSA) is 80.7 Å². The van der Waals surface area contributed by atoms with Crippen LogP contribution in [0.25, 0.3) is 0 Å². The minimum Gasteiger partial charge on any atom is -0.444 e. The Bertz CT molecular complexity index is 1030. The van der Waals surface area contributed by atoms with Crippen molar-refractivity contribution in [3.63, 3.8) is 0 Å². The van der Waals surface area contributed by atoms with Gasteiger partial charge in [0.05, 0.1) is 28.8 Å². The summed E-state index contributed by atoms with van der Waals surface area (Å²) in [5.41, 5.74) is 0.391. The summed E-state index contributed by atoms with van der Waals surface area (Å²) in [6, 6.07) is 5.41. The lowest BCUT2D eigenvalue weighted by molar-refractivity contribution is -0.121. The van der Waals surface area contributed by atoms with Gasteiger partial charge in [0.2, 0.25) is 5.91 Å². The zero-order chi connectivity index (χ0) is 27.4. The number of nitrogens with one attached hydrogen (secondary N) is 1. The van der Waals surface area contributed by atoms with Gasteiger partial charge in [0.25, 0.3) is 0 Å². The highest BCUT2D eigenvalue weighted by atomic mass is 35.5. The zero-order valence-electron chi connectivity index (χ0n) is 22.9. The lowest BCUT2D eigenvalue weighted by Crippen LogP contribution is -2.51. The molecular weight excluding hydrogens is 527 g/mol. The van der Waals surface area contributed by atoms with Crippen molar-refractivity contribution in [2.45, 2.75) is 46.1 Å². The van der Waals surface area contributed by atoms with E-state index in [1.165, 1.54) is 0 Å². The third-order valence-electron chi connectivity index (χ3n) is 7.23. The van der Waals surface area contributed by atoms with E-state index in [1.807, 2.05) is 43.7 Å². The highest BCUT2D eigenvalue weighted by Gasteiger charge is 2.30. The van der Waals surface area contributed by atoms with Crippen molar-refractivity contribution in [2.24, 2.45) is 16.9 Å². The highest BCUT2D eigenvalue weighted by molar-refractivity contribution is 6.42. The summed E-state index contributed by atoms with van der Waals surface area (Å²) in [6.45, 7) is 15.0. The second kappa shape index (κ2) is 12.4. The standard InChI is InChI=1S/C27H40Cl2N6O3/c1-19-16-35(21-5-6-22(28)23(29)15-21)31-25(19)30-24(36)18-33-13-11-32(12-14-33)17-20-7-9-34(10-8-20)26(37)38-27(2,3)4/h5-6,15,19-20H,7-14,16-18H2,1-4H3,(H,30,31,36). The number of carbonyl (C=O) groups is 2. The van der Waals surface area contributed by atoms with Gasteiger partial charge in [-0.2, -0.15) is 5.10 Å². The predicted octanol–water partition coefficient (Wildman–Crippen LogP) is 4.14. The van der Waals surface area contributed by atoms with Crippen molar-refractivity contribution in [3.8, 4) is 0 Å². The second-order valence-electron chi connectivity index (χ2n) is 11.6. The summed E-state index contributed by atoms with van der Waals surface area (Å²) >= 11 is 12.2. The number of piperazine rings is 1. The van der Waals surface area contributed by atoms with E-state index in [-0.39, 0.29) is 17.9 Å². The average molecular weight is 568 g/mol. The van der Waals surface area contributed by atoms with E-state index in [9.17, 15) is 9.59 Å². The van der Waals surface area contributed by atoms with E-state index in [4.69, 9.17) is 27.9 Å². The van der Waals surface area contributed by atoms with E-state index in [1.54, 1.807) is 12.1 Å². The maximum absolute atomic E-state index is 12.8. The van der Waals surface area contributed by atoms with Gasteiger partial charge in [-0.3, -0.25) is 14.7 Å². The Morgan fingerprint density at radius 1 is 1.03 bits per heavy atom. The van der Waals surface area contributed by atoms with Gasteiger partial charge in [-0.25, -0.2) is 4.79 Å². The lowest BCUT2D eigenvalue weighted by atomic mass is 9.96. The fraction of sp³-hybridized carbons (Fsp3) is 0.667. The Morgan fingerprint density at radius 2 is 1.68 bits per heavy atom. The molecule has 2 saturated heterocycles. The summed E-state index contributed by atoms with van der Waals surface area (Å²) < 4.78 is 5.51. The first-order chi connectivity index (χ1) is 18.0. The monoisotopic (exact) mass is 566 g/mol. The maximum atomic E-state index is 12.8. The van der Waals surface area contributed by atoms with Gasteiger partial charge in [0.1, 0.15) is 11.4 Å². The Balaban J connectivity index is 1.16. The smallest absolute Gasteiger partial charge is 0.410 e. The van der Waals surface area contributed by atoms with Crippen LogP contribution >= 0.6 is 23.2 Å². The van der Waals surface area contributed by atoms with Crippen LogP contribution in [0.3, 0.4) is 0 Å². The molecule has 3 heterocycles. The molecular formula is C27H40Cl2N6O3. The molecule has 3 aliphatic heterocycles. The van der Waals surface area contributed by atoms with E-state index in [0.717, 1.165) is 64.3 Å². The summed E-state index contributed by atoms with van der Waals surface area (Å²) in [4.78, 5) is 31.6. The molecule has 9 nitrogen and oxygen atoms in total. The number of amides is 2. The largest absolute Gasteiger partial charge is 0.444 e. The van der Waals surface area contributed by atoms with Gasteiger partial charge < -0.3 is 19.9 Å². The number of hydrogen-bond acceptors (Lipinski definition) is 7. The Morgan fingerprint density at radius 3 is 2.32 bits per heavy atom. The van der Waals surface area contributed by atoms with Crippen molar-refractivity contribution in [3.05, 3.63) is 28.2 Å². The molecule has 1 unspecified atom stereocenters. The normalized spacial score (nSPS) is 21.9. The van der Waals surface area contributed by atoms with Crippen molar-refractivity contribution in [1.82, 2.24) is 20.0 Å². The summed E-state index contributed by atoms with van der Waals surface area (Å²) in [5, 5.41) is 10.5. The molecule has 1 N–H and O–H groups in total. The second-order valence-corrected chi connectivity index (χ2v) is 12.4. The van der Waals surface area contributed by atoms with Crippen molar-refractivity contribution < 1.29 is 14.3 Å². The van der Waals surface area contributed by atoms with Crippen molar-refractivity contribution >= 4 is 46.7 Å². The van der Waals surface area contributed by atoms with Crippen LogP contribution in [0.2, 0.25) is 10.0 Å². The molecule has 3 aliphatic rings. The first-order valence-corrected chi connectivity index (χ1v) is 14.3. The van der Waals surface area contributed by atoms with E-state index < -0.39 is 5.60 Å². The fourth-order valence-electron chi connectivity index (χ4n) is 5.08. The summed E-state index contributed by atoms with van der Waals surface area (Å²) in [7, 11) is 0. The Labute approximate surface area is 236 Å². The number of ether oxygens (including phenoxy) is 1. The lowest BCUT2D eigenvalue weighted by Gasteiger charge is -2.38. The molecule has 0 aliphatic carbocycles. The molecule has 0 spiro atoms. The van der Waals surface area contributed by atoms with Crippen LogP contribution in [0.1, 0.15) is 40.5 Å². The molecule has 210 valence electrons. The van der Waals surface area contributed by atoms with Gasteiger partial charge in [0.15, 0.2) is 0 Å². The molecule has 2 amide bonds. The van der Waals surface area contributed by atoms with Crippen LogP contribution in [-0.2, 0) is 9.53 Å². The number of halogens is 2. The summed E-state index contributed by atoms with van der Waals surface area (Å²) in [5.74, 6) is 1.34. The van der Waals surface area contributed by atoms with Crippen LogP contribution in [0.15, 0.2) is 23.3 Å². The van der Waals surface area contributed by atoms with Gasteiger partial charge in [-0.05, 0) is 57.7 Å². The number of benzene rings is 1. The number of amidine groups is 1. The number of piperidine rings is 1. The molecule has 0 radical (unpaired) electrons. The van der Waals surface area contributed by atoms with Gasteiger partial charge >= 0.3 is 6.09 Å². The van der Waals surface area contributed by atoms with Gasteiger partial charge in [-0.1, -0.05) is 30.1 Å². The molecule has 1 aromatic carbocycles. The molecule has 0 aromatic heterocycles. The van der Waals surface area contributed by atoms with Crippen LogP contribution < -0.4 is 10.3 Å². The molecule has 38 heavy (non-hydrogen) atoms. The minimum atomic E-state index is -0.458. The number of anilines is 1. The number of nitrogens with zero attached hydrogens (tertiary/aromatic N) is 5. The Hall–Kier alpha value is -2.07. The van der Waals surface area contributed by atoms with E-state index in [0.29, 0.717) is 34.9 Å². The maximum Gasteiger partial charge on any atom is 0.410 e. The fourth-order valence-corrected chi connectivity index (χ4v) is 5.37. The van der Waals surface area contributed by atoms with Crippen LogP contribution in [0.5, 0.6) is 0 Å². The van der Waals surface area contributed by atoms with Gasteiger partial charge in [-0.15, -0.1) is 0 Å². The zero-order valence-corrected chi connectivity index (χ0v) is 24.4. The first-order valence-electron chi connectivity index (χ1n) is 13.5. The van der Waals surface area contributed by atoms with E-state index in [2.05, 4.69) is 20.2 Å². The molecule has 1 aromatic rings. The molecule has 11 heteroatoms. The number of hydrogen-bond donors (Lipinski definition) is 1. The van der Waals surface area contributed by atoms with Crippen molar-refractivity contribution in [2.75, 3.05) is 63.9 Å². The average Bonchev–Trinajstić information content (AvgIpc) is 3.21. The third-order valence-corrected chi connectivity index (χ3v) is 7.96. The predicted molar refractivity (Wildman–Crippen MR) is 152 cm³/mol. The quantitative estimate of drug-likeness (QED) is 0.576. The first kappa shape index (κ1) is 28.9. The molecule has 0 bridgehead atoms. The highest BCUT2D eigenvalue weighted by Crippen LogP contribution is 2.29. The van der Waals surface area contributed by atoms with Gasteiger partial charge in [0, 0.05) is 51.7 Å². The third kappa shape index (κ3) is 7.97. The van der Waals surface area contributed by atoms with E-state index >= 15 is 0 Å². The number of carbonyl (C=O) groups excluding carboxylic acids is 2. The van der Waals surface area contributed by atoms with Crippen LogP contribution in [0.4, 0.5) is 10.5 Å². The molecule has 2 fully saturated rings. The van der Waals surface area contributed by atoms with Crippen LogP contribution in [-0.4, -0.2) is 97.0 Å². The number of hydrazone groups is 1.